The van der Waals surface area contributed by atoms with E-state index in [1.807, 2.05) is 0 Å². The Kier molecular flexibility index (Phi) is 3.68. The molecule has 0 saturated heterocycles. The van der Waals surface area contributed by atoms with Gasteiger partial charge in [-0.15, -0.1) is 0 Å². The van der Waals surface area contributed by atoms with Gasteiger partial charge in [-0.3, -0.25) is 10.1 Å². The predicted octanol–water partition coefficient (Wildman–Crippen LogP) is 1.63. The average Bonchev–Trinajstić information content (AvgIpc) is 2.17. The van der Waals surface area contributed by atoms with E-state index < -0.39 is 22.2 Å². The van der Waals surface area contributed by atoms with E-state index >= 15 is 0 Å². The van der Waals surface area contributed by atoms with Gasteiger partial charge >= 0.3 is 5.69 Å². The molecule has 6 heteroatoms. The van der Waals surface area contributed by atoms with Crippen LogP contribution in [0.15, 0.2) is 12.1 Å². The first kappa shape index (κ1) is 11.5. The van der Waals surface area contributed by atoms with E-state index in [4.69, 9.17) is 0 Å². The van der Waals surface area contributed by atoms with Gasteiger partial charge in [-0.25, -0.2) is 4.39 Å². The molecule has 0 amide bonds. The van der Waals surface area contributed by atoms with Crippen LogP contribution in [0.25, 0.3) is 0 Å². The topological polar surface area (TPSA) is 55.2 Å². The molecule has 1 rings (SSSR count). The quantitative estimate of drug-likeness (QED) is 0.614. The van der Waals surface area contributed by atoms with Gasteiger partial charge in [0.05, 0.1) is 4.92 Å². The van der Waals surface area contributed by atoms with E-state index in [1.54, 1.807) is 7.05 Å². The third-order valence-corrected chi connectivity index (χ3v) is 1.99. The van der Waals surface area contributed by atoms with Gasteiger partial charge in [0.2, 0.25) is 5.82 Å². The summed E-state index contributed by atoms with van der Waals surface area (Å²) in [7, 11) is 1.63. The van der Waals surface area contributed by atoms with Crippen LogP contribution in [0, 0.1) is 21.7 Å². The maximum Gasteiger partial charge on any atom is 0.305 e. The minimum Gasteiger partial charge on any atom is -0.319 e. The van der Waals surface area contributed by atoms with Crippen molar-refractivity contribution < 1.29 is 13.7 Å². The molecule has 15 heavy (non-hydrogen) atoms. The van der Waals surface area contributed by atoms with Gasteiger partial charge < -0.3 is 5.32 Å². The molecule has 0 radical (unpaired) electrons. The van der Waals surface area contributed by atoms with E-state index in [0.717, 1.165) is 12.1 Å². The van der Waals surface area contributed by atoms with E-state index in [-0.39, 0.29) is 12.0 Å². The van der Waals surface area contributed by atoms with Gasteiger partial charge in [0, 0.05) is 11.6 Å². The summed E-state index contributed by atoms with van der Waals surface area (Å²) in [5.74, 6) is -1.84. The van der Waals surface area contributed by atoms with E-state index in [9.17, 15) is 18.9 Å². The number of nitro benzene ring substituents is 1. The van der Waals surface area contributed by atoms with Crippen molar-refractivity contribution in [2.24, 2.45) is 0 Å². The summed E-state index contributed by atoms with van der Waals surface area (Å²) in [4.78, 5) is 9.52. The summed E-state index contributed by atoms with van der Waals surface area (Å²) in [6.45, 7) is 0.356. The molecule has 82 valence electrons. The second kappa shape index (κ2) is 4.79. The first-order valence-electron chi connectivity index (χ1n) is 4.33. The lowest BCUT2D eigenvalue weighted by atomic mass is 10.1. The van der Waals surface area contributed by atoms with Crippen molar-refractivity contribution in [1.29, 1.82) is 0 Å². The SMILES string of the molecule is CNCCc1c(F)ccc([N+](=O)[O-])c1F. The molecule has 0 fully saturated rings. The Morgan fingerprint density at radius 3 is 2.67 bits per heavy atom. The fraction of sp³-hybridized carbons (Fsp3) is 0.333. The van der Waals surface area contributed by atoms with Gasteiger partial charge in [-0.2, -0.15) is 4.39 Å². The number of hydrogen-bond acceptors (Lipinski definition) is 3. The molecular weight excluding hydrogens is 206 g/mol. The summed E-state index contributed by atoms with van der Waals surface area (Å²) >= 11 is 0. The highest BCUT2D eigenvalue weighted by atomic mass is 19.1. The lowest BCUT2D eigenvalue weighted by Crippen LogP contribution is -2.13. The predicted molar refractivity (Wildman–Crippen MR) is 50.6 cm³/mol. The number of nitro groups is 1. The van der Waals surface area contributed by atoms with Crippen LogP contribution < -0.4 is 5.32 Å². The van der Waals surface area contributed by atoms with E-state index in [2.05, 4.69) is 5.32 Å². The molecule has 1 aromatic carbocycles. The first-order valence-corrected chi connectivity index (χ1v) is 4.33. The summed E-state index contributed by atoms with van der Waals surface area (Å²) in [6.07, 6.45) is 0.0792. The maximum absolute atomic E-state index is 13.4. The van der Waals surface area contributed by atoms with Crippen molar-refractivity contribution in [1.82, 2.24) is 5.32 Å². The second-order valence-corrected chi connectivity index (χ2v) is 2.97. The summed E-state index contributed by atoms with van der Waals surface area (Å²) in [5.41, 5.74) is -0.943. The minimum absolute atomic E-state index is 0.0792. The lowest BCUT2D eigenvalue weighted by Gasteiger charge is -2.04. The third-order valence-electron chi connectivity index (χ3n) is 1.99. The summed E-state index contributed by atoms with van der Waals surface area (Å²) < 4.78 is 26.5. The molecule has 0 aliphatic carbocycles. The zero-order valence-corrected chi connectivity index (χ0v) is 8.09. The molecule has 0 aliphatic rings. The molecule has 0 saturated carbocycles. The maximum atomic E-state index is 13.4. The van der Waals surface area contributed by atoms with Crippen LogP contribution >= 0.6 is 0 Å². The van der Waals surface area contributed by atoms with Crippen molar-refractivity contribution in [3.63, 3.8) is 0 Å². The van der Waals surface area contributed by atoms with Crippen molar-refractivity contribution in [2.75, 3.05) is 13.6 Å². The van der Waals surface area contributed by atoms with Crippen LogP contribution in [0.3, 0.4) is 0 Å². The van der Waals surface area contributed by atoms with Gasteiger partial charge in [0.15, 0.2) is 0 Å². The van der Waals surface area contributed by atoms with Crippen LogP contribution in [-0.2, 0) is 6.42 Å². The molecule has 0 bridgehead atoms. The number of nitrogens with one attached hydrogen (secondary N) is 1. The van der Waals surface area contributed by atoms with Crippen molar-refractivity contribution in [3.8, 4) is 0 Å². The van der Waals surface area contributed by atoms with Crippen LogP contribution in [0.4, 0.5) is 14.5 Å². The highest BCUT2D eigenvalue weighted by Crippen LogP contribution is 2.23. The molecule has 0 aromatic heterocycles. The molecule has 0 aliphatic heterocycles. The second-order valence-electron chi connectivity index (χ2n) is 2.97. The Hall–Kier alpha value is -1.56. The van der Waals surface area contributed by atoms with Crippen LogP contribution in [-0.4, -0.2) is 18.5 Å². The van der Waals surface area contributed by atoms with Crippen molar-refractivity contribution in [3.05, 3.63) is 39.4 Å². The molecule has 4 nitrogen and oxygen atoms in total. The smallest absolute Gasteiger partial charge is 0.305 e. The normalized spacial score (nSPS) is 10.3. The fourth-order valence-electron chi connectivity index (χ4n) is 1.21. The highest BCUT2D eigenvalue weighted by molar-refractivity contribution is 5.37. The Balaban J connectivity index is 3.12. The lowest BCUT2D eigenvalue weighted by molar-refractivity contribution is -0.387. The number of hydrogen-bond donors (Lipinski definition) is 1. The number of likely N-dealkylation sites (N-methyl/N-ethyl adjacent to an activating group) is 1. The summed E-state index contributed by atoms with van der Waals surface area (Å²) in [5, 5.41) is 13.1. The molecule has 0 spiro atoms. The Morgan fingerprint density at radius 1 is 1.47 bits per heavy atom. The monoisotopic (exact) mass is 216 g/mol. The van der Waals surface area contributed by atoms with Crippen LogP contribution in [0.5, 0.6) is 0 Å². The van der Waals surface area contributed by atoms with Crippen molar-refractivity contribution >= 4 is 5.69 Å². The Bertz CT molecular complexity index is 383. The van der Waals surface area contributed by atoms with Gasteiger partial charge in [-0.05, 0) is 26.1 Å². The molecular formula is C9H10F2N2O2. The van der Waals surface area contributed by atoms with E-state index in [0.29, 0.717) is 6.54 Å². The van der Waals surface area contributed by atoms with E-state index in [1.165, 1.54) is 0 Å². The zero-order valence-electron chi connectivity index (χ0n) is 8.09. The van der Waals surface area contributed by atoms with Gasteiger partial charge in [0.1, 0.15) is 5.82 Å². The standard InChI is InChI=1S/C9H10F2N2O2/c1-12-5-4-6-7(10)2-3-8(9(6)11)13(14)15/h2-3,12H,4-5H2,1H3. The first-order chi connectivity index (χ1) is 7.07. The summed E-state index contributed by atoms with van der Waals surface area (Å²) in [6, 6.07) is 1.74. The minimum atomic E-state index is -1.09. The van der Waals surface area contributed by atoms with Gasteiger partial charge in [-0.1, -0.05) is 0 Å². The zero-order chi connectivity index (χ0) is 11.4. The number of rotatable bonds is 4. The molecule has 0 unspecified atom stereocenters. The average molecular weight is 216 g/mol. The van der Waals surface area contributed by atoms with Gasteiger partial charge in [0.25, 0.3) is 0 Å². The Labute approximate surface area is 85.1 Å². The molecule has 0 heterocycles. The van der Waals surface area contributed by atoms with Crippen molar-refractivity contribution in [2.45, 2.75) is 6.42 Å². The highest BCUT2D eigenvalue weighted by Gasteiger charge is 2.20. The molecule has 0 atom stereocenters. The third kappa shape index (κ3) is 2.47. The molecule has 1 aromatic rings. The molecule has 1 N–H and O–H groups in total. The number of benzene rings is 1. The number of halogens is 2. The van der Waals surface area contributed by atoms with Crippen LogP contribution in [0.1, 0.15) is 5.56 Å². The fourth-order valence-corrected chi connectivity index (χ4v) is 1.21. The van der Waals surface area contributed by atoms with Crippen LogP contribution in [0.2, 0.25) is 0 Å². The number of nitrogens with zero attached hydrogens (tertiary/aromatic N) is 1. The largest absolute Gasteiger partial charge is 0.319 e. The Morgan fingerprint density at radius 2 is 2.13 bits per heavy atom.